The number of aromatic nitrogens is 3. The standard InChI is InChI=1S/C17H25N7O2/c1-6-18-15-20-16(19-7-2)22-17(21-15)24-23-11(3)12-8-9-13(25-4)14(10-12)26-5/h8-10H,6-7H2,1-5H3,(H3,18,19,20,21,22,24)/b23-11+. The molecule has 0 bridgehead atoms. The molecule has 0 radical (unpaired) electrons. The van der Waals surface area contributed by atoms with Crippen LogP contribution in [0.1, 0.15) is 26.3 Å². The fourth-order valence-corrected chi connectivity index (χ4v) is 2.16. The van der Waals surface area contributed by atoms with E-state index in [9.17, 15) is 0 Å². The maximum Gasteiger partial charge on any atom is 0.250 e. The van der Waals surface area contributed by atoms with E-state index in [0.29, 0.717) is 42.4 Å². The van der Waals surface area contributed by atoms with Crippen LogP contribution in [0.15, 0.2) is 23.3 Å². The van der Waals surface area contributed by atoms with Crippen molar-refractivity contribution in [2.45, 2.75) is 20.8 Å². The molecule has 0 spiro atoms. The zero-order valence-electron chi connectivity index (χ0n) is 15.8. The van der Waals surface area contributed by atoms with Crippen molar-refractivity contribution in [1.82, 2.24) is 15.0 Å². The van der Waals surface area contributed by atoms with Crippen LogP contribution in [0.4, 0.5) is 17.8 Å². The Labute approximate surface area is 153 Å². The Kier molecular flexibility index (Phi) is 6.95. The lowest BCUT2D eigenvalue weighted by atomic mass is 10.1. The molecule has 2 rings (SSSR count). The van der Waals surface area contributed by atoms with Crippen LogP contribution in [0.3, 0.4) is 0 Å². The van der Waals surface area contributed by atoms with Crippen molar-refractivity contribution in [3.63, 3.8) is 0 Å². The van der Waals surface area contributed by atoms with Gasteiger partial charge in [-0.2, -0.15) is 20.1 Å². The molecule has 1 aromatic heterocycles. The summed E-state index contributed by atoms with van der Waals surface area (Å²) in [5.74, 6) is 2.63. The minimum absolute atomic E-state index is 0.353. The zero-order valence-corrected chi connectivity index (χ0v) is 15.8. The van der Waals surface area contributed by atoms with Gasteiger partial charge in [0.05, 0.1) is 19.9 Å². The second kappa shape index (κ2) is 9.40. The molecule has 0 saturated carbocycles. The first kappa shape index (κ1) is 19.2. The number of rotatable bonds is 9. The van der Waals surface area contributed by atoms with Gasteiger partial charge < -0.3 is 20.1 Å². The Morgan fingerprint density at radius 1 is 0.923 bits per heavy atom. The van der Waals surface area contributed by atoms with Crippen LogP contribution in [0.25, 0.3) is 0 Å². The van der Waals surface area contributed by atoms with Crippen molar-refractivity contribution in [3.05, 3.63) is 23.8 Å². The van der Waals surface area contributed by atoms with E-state index in [1.807, 2.05) is 39.0 Å². The lowest BCUT2D eigenvalue weighted by molar-refractivity contribution is 0.355. The SMILES string of the molecule is CCNc1nc(NCC)nc(N/N=C(\C)c2ccc(OC)c(OC)c2)n1. The minimum atomic E-state index is 0.353. The summed E-state index contributed by atoms with van der Waals surface area (Å²) in [4.78, 5) is 12.9. The van der Waals surface area contributed by atoms with E-state index in [4.69, 9.17) is 9.47 Å². The quantitative estimate of drug-likeness (QED) is 0.463. The average Bonchev–Trinajstić information content (AvgIpc) is 2.66. The molecule has 0 atom stereocenters. The molecule has 0 aliphatic carbocycles. The summed E-state index contributed by atoms with van der Waals surface area (Å²) in [5, 5.41) is 10.5. The van der Waals surface area contributed by atoms with Gasteiger partial charge in [-0.1, -0.05) is 0 Å². The Hall–Kier alpha value is -3.10. The lowest BCUT2D eigenvalue weighted by Gasteiger charge is -2.10. The van der Waals surface area contributed by atoms with E-state index >= 15 is 0 Å². The summed E-state index contributed by atoms with van der Waals surface area (Å²) in [5.41, 5.74) is 4.52. The number of methoxy groups -OCH3 is 2. The largest absolute Gasteiger partial charge is 0.493 e. The van der Waals surface area contributed by atoms with Crippen LogP contribution in [-0.4, -0.2) is 48.0 Å². The van der Waals surface area contributed by atoms with Gasteiger partial charge in [-0.25, -0.2) is 5.43 Å². The molecule has 0 fully saturated rings. The van der Waals surface area contributed by atoms with Crippen LogP contribution < -0.4 is 25.5 Å². The summed E-state index contributed by atoms with van der Waals surface area (Å²) in [7, 11) is 3.20. The highest BCUT2D eigenvalue weighted by Crippen LogP contribution is 2.27. The van der Waals surface area contributed by atoms with Crippen molar-refractivity contribution in [3.8, 4) is 11.5 Å². The van der Waals surface area contributed by atoms with E-state index < -0.39 is 0 Å². The summed E-state index contributed by atoms with van der Waals surface area (Å²) in [6, 6.07) is 5.60. The molecular formula is C17H25N7O2. The van der Waals surface area contributed by atoms with Crippen LogP contribution in [0, 0.1) is 0 Å². The first-order chi connectivity index (χ1) is 12.6. The first-order valence-corrected chi connectivity index (χ1v) is 8.37. The molecule has 26 heavy (non-hydrogen) atoms. The predicted molar refractivity (Wildman–Crippen MR) is 104 cm³/mol. The van der Waals surface area contributed by atoms with E-state index in [2.05, 4.69) is 36.1 Å². The van der Waals surface area contributed by atoms with Gasteiger partial charge in [0.25, 0.3) is 0 Å². The summed E-state index contributed by atoms with van der Waals surface area (Å²) in [6.45, 7) is 7.25. The normalized spacial score (nSPS) is 11.0. The van der Waals surface area contributed by atoms with Gasteiger partial charge in [-0.05, 0) is 39.0 Å². The molecule has 0 aliphatic rings. The van der Waals surface area contributed by atoms with Crippen molar-refractivity contribution in [2.24, 2.45) is 5.10 Å². The summed E-state index contributed by atoms with van der Waals surface area (Å²) < 4.78 is 10.6. The second-order valence-electron chi connectivity index (χ2n) is 5.25. The summed E-state index contributed by atoms with van der Waals surface area (Å²) in [6.07, 6.45) is 0. The number of ether oxygens (including phenoxy) is 2. The third-order valence-corrected chi connectivity index (χ3v) is 3.43. The van der Waals surface area contributed by atoms with Crippen LogP contribution >= 0.6 is 0 Å². The van der Waals surface area contributed by atoms with Gasteiger partial charge in [-0.3, -0.25) is 0 Å². The van der Waals surface area contributed by atoms with Gasteiger partial charge in [0, 0.05) is 18.7 Å². The van der Waals surface area contributed by atoms with Crippen molar-refractivity contribution < 1.29 is 9.47 Å². The highest BCUT2D eigenvalue weighted by molar-refractivity contribution is 5.99. The topological polar surface area (TPSA) is 106 Å². The predicted octanol–water partition coefficient (Wildman–Crippen LogP) is 2.59. The third-order valence-electron chi connectivity index (χ3n) is 3.43. The van der Waals surface area contributed by atoms with E-state index in [1.165, 1.54) is 0 Å². The molecule has 2 aromatic rings. The number of hydrogen-bond acceptors (Lipinski definition) is 9. The lowest BCUT2D eigenvalue weighted by Crippen LogP contribution is -2.11. The maximum atomic E-state index is 5.33. The third kappa shape index (κ3) is 4.95. The molecule has 0 unspecified atom stereocenters. The second-order valence-corrected chi connectivity index (χ2v) is 5.25. The van der Waals surface area contributed by atoms with Gasteiger partial charge in [0.1, 0.15) is 0 Å². The van der Waals surface area contributed by atoms with E-state index in [1.54, 1.807) is 14.2 Å². The van der Waals surface area contributed by atoms with Crippen LogP contribution in [-0.2, 0) is 0 Å². The van der Waals surface area contributed by atoms with Crippen LogP contribution in [0.2, 0.25) is 0 Å². The zero-order chi connectivity index (χ0) is 18.9. The Morgan fingerprint density at radius 2 is 1.50 bits per heavy atom. The highest BCUT2D eigenvalue weighted by Gasteiger charge is 2.08. The van der Waals surface area contributed by atoms with E-state index in [-0.39, 0.29) is 0 Å². The molecule has 140 valence electrons. The van der Waals surface area contributed by atoms with Gasteiger partial charge in [0.2, 0.25) is 17.8 Å². The van der Waals surface area contributed by atoms with Crippen molar-refractivity contribution in [1.29, 1.82) is 0 Å². The molecule has 9 heteroatoms. The highest BCUT2D eigenvalue weighted by atomic mass is 16.5. The fraction of sp³-hybridized carbons (Fsp3) is 0.412. The Bertz CT molecular complexity index is 741. The number of benzene rings is 1. The van der Waals surface area contributed by atoms with Crippen molar-refractivity contribution >= 4 is 23.6 Å². The number of nitrogens with zero attached hydrogens (tertiary/aromatic N) is 4. The Balaban J connectivity index is 2.22. The van der Waals surface area contributed by atoms with Gasteiger partial charge >= 0.3 is 0 Å². The van der Waals surface area contributed by atoms with Crippen LogP contribution in [0.5, 0.6) is 11.5 Å². The summed E-state index contributed by atoms with van der Waals surface area (Å²) >= 11 is 0. The molecule has 1 aromatic carbocycles. The fourth-order valence-electron chi connectivity index (χ4n) is 2.16. The van der Waals surface area contributed by atoms with Gasteiger partial charge in [-0.15, -0.1) is 0 Å². The molecular weight excluding hydrogens is 334 g/mol. The molecule has 0 amide bonds. The molecule has 3 N–H and O–H groups in total. The molecule has 9 nitrogen and oxygen atoms in total. The maximum absolute atomic E-state index is 5.33. The average molecular weight is 359 g/mol. The number of nitrogens with one attached hydrogen (secondary N) is 3. The number of hydrazone groups is 1. The monoisotopic (exact) mass is 359 g/mol. The smallest absolute Gasteiger partial charge is 0.250 e. The molecule has 1 heterocycles. The number of hydrogen-bond donors (Lipinski definition) is 3. The Morgan fingerprint density at radius 3 is 2.04 bits per heavy atom. The number of anilines is 3. The first-order valence-electron chi connectivity index (χ1n) is 8.37. The molecule has 0 saturated heterocycles. The van der Waals surface area contributed by atoms with Gasteiger partial charge in [0.15, 0.2) is 11.5 Å². The van der Waals surface area contributed by atoms with Crippen molar-refractivity contribution in [2.75, 3.05) is 43.4 Å². The van der Waals surface area contributed by atoms with E-state index in [0.717, 1.165) is 11.3 Å². The molecule has 0 aliphatic heterocycles. The minimum Gasteiger partial charge on any atom is -0.493 e.